The maximum atomic E-state index is 14.1. The number of hydrogen-bond donors (Lipinski definition) is 4. The van der Waals surface area contributed by atoms with Crippen molar-refractivity contribution in [3.05, 3.63) is 69.5 Å². The molecule has 3 aliphatic rings. The first-order valence-corrected chi connectivity index (χ1v) is 14.4. The van der Waals surface area contributed by atoms with Gasteiger partial charge in [0.05, 0.1) is 24.6 Å². The van der Waals surface area contributed by atoms with Gasteiger partial charge in [0.25, 0.3) is 0 Å². The summed E-state index contributed by atoms with van der Waals surface area (Å²) >= 11 is 0. The number of aliphatic hydroxyl groups is 2. The summed E-state index contributed by atoms with van der Waals surface area (Å²) in [5.41, 5.74) is 3.04. The van der Waals surface area contributed by atoms with E-state index in [-0.39, 0.29) is 42.3 Å². The molecule has 4 unspecified atom stereocenters. The van der Waals surface area contributed by atoms with Crippen molar-refractivity contribution < 1.29 is 42.8 Å². The molecular weight excluding hydrogens is 566 g/mol. The summed E-state index contributed by atoms with van der Waals surface area (Å²) in [7, 11) is 8.85. The third-order valence-electron chi connectivity index (χ3n) is 9.01. The number of nitrogens with zero attached hydrogens (tertiary/aromatic N) is 2. The summed E-state index contributed by atoms with van der Waals surface area (Å²) in [5, 5.41) is 37.5. The maximum Gasteiger partial charge on any atom is 0.181 e. The topological polar surface area (TPSA) is 171 Å². The molecule has 0 radical (unpaired) electrons. The molecule has 2 aromatic carbocycles. The van der Waals surface area contributed by atoms with Crippen molar-refractivity contribution >= 4 is 28.8 Å². The van der Waals surface area contributed by atoms with Crippen LogP contribution in [-0.2, 0) is 33.9 Å². The smallest absolute Gasteiger partial charge is 0.181 e. The van der Waals surface area contributed by atoms with Gasteiger partial charge >= 0.3 is 0 Å². The van der Waals surface area contributed by atoms with E-state index in [1.165, 1.54) is 6.92 Å². The zero-order valence-corrected chi connectivity index (χ0v) is 25.9. The number of aliphatic hydroxyl groups excluding tert-OH is 2. The molecule has 11 nitrogen and oxygen atoms in total. The molecule has 240 valence electrons. The van der Waals surface area contributed by atoms with Crippen LogP contribution in [0.4, 0.5) is 5.69 Å². The third-order valence-corrected chi connectivity index (χ3v) is 9.01. The largest absolute Gasteiger partial charge is 0.510 e. The van der Waals surface area contributed by atoms with Gasteiger partial charge in [-0.15, -0.1) is 0 Å². The minimum Gasteiger partial charge on any atom is -0.510 e. The molecule has 11 heteroatoms. The Balaban J connectivity index is 0.00000245. The molecule has 0 heterocycles. The number of ketones is 3. The van der Waals surface area contributed by atoms with Crippen LogP contribution >= 0.6 is 0 Å². The lowest BCUT2D eigenvalue weighted by molar-refractivity contribution is -0.136. The average Bonchev–Trinajstić information content (AvgIpc) is 2.93. The van der Waals surface area contributed by atoms with Gasteiger partial charge in [-0.3, -0.25) is 19.3 Å². The van der Waals surface area contributed by atoms with Crippen molar-refractivity contribution in [2.24, 2.45) is 17.8 Å². The predicted octanol–water partition coefficient (Wildman–Crippen LogP) is 2.98. The number of carbonyl (C=O) groups is 3. The monoisotopic (exact) mass is 611 g/mol. The van der Waals surface area contributed by atoms with E-state index >= 15 is 0 Å². The van der Waals surface area contributed by atoms with E-state index in [2.05, 4.69) is 5.32 Å². The quantitative estimate of drug-likeness (QED) is 0.257. The molecule has 6 N–H and O–H groups in total. The standard InChI is InChI=1S/C33H39N3O7.H2O.2H2/c1-16(37)24-30(39)27-22(28(33(24)42)36(4)5)12-18-11-21-23(35(2)3)13-19(29(38)26(21)31(40)25(18)32(27)41)15-34-14-17-7-9-20(43-6)10-8-17;;;/h7-10,13,18,22,27-28,34,38,40,42H,11-12,14-15H2,1-6H3;1H2;2*1H. The second-order valence-corrected chi connectivity index (χ2v) is 12.1. The van der Waals surface area contributed by atoms with Crippen LogP contribution in [0.15, 0.2) is 47.2 Å². The summed E-state index contributed by atoms with van der Waals surface area (Å²) in [6.45, 7) is 2.03. The van der Waals surface area contributed by atoms with Gasteiger partial charge in [0, 0.05) is 46.9 Å². The number of ether oxygens (including phenoxy) is 1. The number of likely N-dealkylation sites (N-methyl/N-ethyl adjacent to an activating group) is 1. The number of phenols is 1. The van der Waals surface area contributed by atoms with Crippen LogP contribution in [0.2, 0.25) is 0 Å². The van der Waals surface area contributed by atoms with Gasteiger partial charge in [0.1, 0.15) is 28.6 Å². The number of allylic oxidation sites excluding steroid dienone is 2. The highest BCUT2D eigenvalue weighted by atomic mass is 16.5. The number of aromatic hydroxyl groups is 1. The van der Waals surface area contributed by atoms with Crippen molar-refractivity contribution in [2.75, 3.05) is 40.2 Å². The number of methoxy groups -OCH3 is 1. The normalized spacial score (nSPS) is 22.7. The van der Waals surface area contributed by atoms with Gasteiger partial charge < -0.3 is 35.7 Å². The number of hydrogen-bond acceptors (Lipinski definition) is 10. The number of Topliss-reactive ketones (excluding diaryl/α,β-unsaturated/α-hetero) is 3. The van der Waals surface area contributed by atoms with Crippen LogP contribution in [-0.4, -0.2) is 84.4 Å². The van der Waals surface area contributed by atoms with Gasteiger partial charge in [0.15, 0.2) is 17.3 Å². The van der Waals surface area contributed by atoms with Crippen LogP contribution in [0.25, 0.3) is 5.76 Å². The first-order valence-electron chi connectivity index (χ1n) is 14.4. The van der Waals surface area contributed by atoms with Gasteiger partial charge in [-0.2, -0.15) is 0 Å². The summed E-state index contributed by atoms with van der Waals surface area (Å²) in [4.78, 5) is 43.6. The van der Waals surface area contributed by atoms with Gasteiger partial charge in [0.2, 0.25) is 0 Å². The van der Waals surface area contributed by atoms with Crippen molar-refractivity contribution in [1.29, 1.82) is 0 Å². The van der Waals surface area contributed by atoms with Crippen LogP contribution in [0.1, 0.15) is 38.5 Å². The van der Waals surface area contributed by atoms with E-state index in [4.69, 9.17) is 4.74 Å². The second kappa shape index (κ2) is 12.4. The molecule has 44 heavy (non-hydrogen) atoms. The highest BCUT2D eigenvalue weighted by Gasteiger charge is 2.55. The zero-order chi connectivity index (χ0) is 31.3. The van der Waals surface area contributed by atoms with E-state index in [0.717, 1.165) is 17.0 Å². The Morgan fingerprint density at radius 2 is 1.70 bits per heavy atom. The Morgan fingerprint density at radius 1 is 1.05 bits per heavy atom. The number of phenolic OH excluding ortho intramolecular Hbond substituents is 1. The molecule has 0 bridgehead atoms. The van der Waals surface area contributed by atoms with Crippen molar-refractivity contribution in [1.82, 2.24) is 10.2 Å². The highest BCUT2D eigenvalue weighted by Crippen LogP contribution is 2.52. The fourth-order valence-electron chi connectivity index (χ4n) is 7.09. The van der Waals surface area contributed by atoms with Gasteiger partial charge in [-0.25, -0.2) is 0 Å². The fraction of sp³-hybridized carbons (Fsp3) is 0.424. The fourth-order valence-corrected chi connectivity index (χ4v) is 7.09. The Labute approximate surface area is 259 Å². The van der Waals surface area contributed by atoms with E-state index in [1.807, 2.05) is 49.3 Å². The molecular formula is C33H45N3O8. The number of carbonyl (C=O) groups excluding carboxylic acids is 3. The van der Waals surface area contributed by atoms with Crippen molar-refractivity contribution in [3.63, 3.8) is 0 Å². The first kappa shape index (κ1) is 32.7. The lowest BCUT2D eigenvalue weighted by Crippen LogP contribution is -2.55. The molecule has 0 amide bonds. The van der Waals surface area contributed by atoms with Crippen LogP contribution in [0.5, 0.6) is 11.5 Å². The number of nitrogens with one attached hydrogen (secondary N) is 1. The molecule has 0 aromatic heterocycles. The van der Waals surface area contributed by atoms with E-state index in [1.54, 1.807) is 26.1 Å². The number of fused-ring (bicyclic) bond motifs is 3. The second-order valence-electron chi connectivity index (χ2n) is 12.1. The summed E-state index contributed by atoms with van der Waals surface area (Å²) in [6.07, 6.45) is 0.709. The lowest BCUT2D eigenvalue weighted by Gasteiger charge is -2.46. The molecule has 0 spiro atoms. The van der Waals surface area contributed by atoms with E-state index in [0.29, 0.717) is 37.1 Å². The molecule has 5 rings (SSSR count). The van der Waals surface area contributed by atoms with E-state index in [9.17, 15) is 29.7 Å². The van der Waals surface area contributed by atoms with Crippen LogP contribution in [0, 0.1) is 17.8 Å². The first-order chi connectivity index (χ1) is 20.4. The van der Waals surface area contributed by atoms with Crippen LogP contribution in [0.3, 0.4) is 0 Å². The number of benzene rings is 2. The van der Waals surface area contributed by atoms with Crippen LogP contribution < -0.4 is 15.0 Å². The predicted molar refractivity (Wildman–Crippen MR) is 170 cm³/mol. The maximum absolute atomic E-state index is 14.1. The minimum atomic E-state index is -1.21. The number of rotatable bonds is 8. The van der Waals surface area contributed by atoms with E-state index < -0.39 is 41.1 Å². The lowest BCUT2D eigenvalue weighted by atomic mass is 9.59. The Bertz CT molecular complexity index is 1570. The Hall–Kier alpha value is -4.19. The molecule has 4 atom stereocenters. The van der Waals surface area contributed by atoms with Gasteiger partial charge in [-0.1, -0.05) is 12.1 Å². The zero-order valence-electron chi connectivity index (χ0n) is 25.9. The molecule has 0 saturated heterocycles. The Kier molecular flexibility index (Phi) is 9.24. The molecule has 2 aromatic rings. The number of anilines is 1. The molecule has 3 aliphatic carbocycles. The summed E-state index contributed by atoms with van der Waals surface area (Å²) in [6, 6.07) is 8.83. The summed E-state index contributed by atoms with van der Waals surface area (Å²) in [5.74, 6) is -4.07. The minimum absolute atomic E-state index is 0. The third kappa shape index (κ3) is 5.36. The molecule has 1 fully saturated rings. The van der Waals surface area contributed by atoms with Gasteiger partial charge in [-0.05, 0) is 75.0 Å². The van der Waals surface area contributed by atoms with Crippen molar-refractivity contribution in [2.45, 2.75) is 38.9 Å². The SMILES string of the molecule is COc1ccc(CNCc2cc(N(C)C)c3c(c2O)C(O)=C2C(=O)C4C(=O)C(C(C)=O)=C(O)C(N(C)C)C4CC2C3)cc1.O.[HH].[HH]. The Morgan fingerprint density at radius 3 is 2.27 bits per heavy atom. The molecule has 0 aliphatic heterocycles. The average molecular weight is 612 g/mol. The van der Waals surface area contributed by atoms with Crippen molar-refractivity contribution in [3.8, 4) is 11.5 Å². The molecule has 1 saturated carbocycles. The summed E-state index contributed by atoms with van der Waals surface area (Å²) < 4.78 is 5.21. The highest BCUT2D eigenvalue weighted by molar-refractivity contribution is 6.28.